The van der Waals surface area contributed by atoms with Crippen LogP contribution >= 0.6 is 0 Å². The van der Waals surface area contributed by atoms with Crippen molar-refractivity contribution in [2.75, 3.05) is 0 Å². The van der Waals surface area contributed by atoms with Gasteiger partial charge in [0.1, 0.15) is 0 Å². The third-order valence-electron chi connectivity index (χ3n) is 4.37. The van der Waals surface area contributed by atoms with Crippen LogP contribution in [0.15, 0.2) is 0 Å². The first kappa shape index (κ1) is 26.5. The fourth-order valence-electron chi connectivity index (χ4n) is 2.56. The maximum Gasteiger partial charge on any atom is 0.00992 e. The molecule has 0 saturated carbocycles. The summed E-state index contributed by atoms with van der Waals surface area (Å²) in [5.41, 5.74) is 0. The summed E-state index contributed by atoms with van der Waals surface area (Å²) in [5, 5.41) is 0. The van der Waals surface area contributed by atoms with Crippen molar-refractivity contribution in [1.29, 1.82) is 0 Å². The lowest BCUT2D eigenvalue weighted by molar-refractivity contribution is 0.781. The minimum Gasteiger partial charge on any atom is -0.0891 e. The van der Waals surface area contributed by atoms with Crippen molar-refractivity contribution < 1.29 is 0 Å². The largest absolute Gasteiger partial charge is 0.0891 e. The molecule has 32 heavy (non-hydrogen) atoms. The van der Waals surface area contributed by atoms with Crippen LogP contribution in [0.3, 0.4) is 0 Å². The van der Waals surface area contributed by atoms with Crippen LogP contribution < -0.4 is 0 Å². The summed E-state index contributed by atoms with van der Waals surface area (Å²) in [6.45, 7) is 0. The zero-order valence-corrected chi connectivity index (χ0v) is 19.3. The van der Waals surface area contributed by atoms with Gasteiger partial charge in [-0.3, -0.25) is 0 Å². The average molecular weight is 417 g/mol. The normalized spacial score (nSPS) is 16.0. The fourth-order valence-corrected chi connectivity index (χ4v) is 2.56. The molecule has 1 aliphatic rings. The minimum atomic E-state index is 0.882. The van der Waals surface area contributed by atoms with Crippen molar-refractivity contribution in [3.63, 3.8) is 0 Å². The molecule has 0 nitrogen and oxygen atoms in total. The Hall–Kier alpha value is -3.52. The summed E-state index contributed by atoms with van der Waals surface area (Å²) in [7, 11) is 0. The molecule has 0 spiro atoms. The van der Waals surface area contributed by atoms with Crippen molar-refractivity contribution in [2.45, 2.75) is 103 Å². The SMILES string of the molecule is C1#CCCCCC#CC#CCCCCC#CC#CCCCCC#CC#CCCCCC#C1. The third-order valence-corrected chi connectivity index (χ3v) is 4.37. The van der Waals surface area contributed by atoms with Gasteiger partial charge in [0.15, 0.2) is 0 Å². The van der Waals surface area contributed by atoms with Crippen LogP contribution in [0, 0.1) is 94.7 Å². The second kappa shape index (κ2) is 23.8. The monoisotopic (exact) mass is 416 g/mol. The van der Waals surface area contributed by atoms with E-state index < -0.39 is 0 Å². The van der Waals surface area contributed by atoms with Gasteiger partial charge in [-0.05, 0) is 98.7 Å². The van der Waals surface area contributed by atoms with Crippen LogP contribution in [-0.4, -0.2) is 0 Å². The highest BCUT2D eigenvalue weighted by atomic mass is 13.9. The van der Waals surface area contributed by atoms with E-state index in [1.807, 2.05) is 0 Å². The molecule has 0 aromatic rings. The molecule has 160 valence electrons. The molecular formula is C32H32. The van der Waals surface area contributed by atoms with Gasteiger partial charge in [0.2, 0.25) is 0 Å². The van der Waals surface area contributed by atoms with E-state index >= 15 is 0 Å². The first-order valence-electron chi connectivity index (χ1n) is 11.8. The van der Waals surface area contributed by atoms with E-state index in [9.17, 15) is 0 Å². The predicted octanol–water partition coefficient (Wildman–Crippen LogP) is 6.27. The van der Waals surface area contributed by atoms with Crippen LogP contribution in [0.4, 0.5) is 0 Å². The predicted molar refractivity (Wildman–Crippen MR) is 136 cm³/mol. The van der Waals surface area contributed by atoms with Crippen LogP contribution in [-0.2, 0) is 0 Å². The Morgan fingerprint density at radius 1 is 0.188 bits per heavy atom. The first-order chi connectivity index (χ1) is 16.0. The second-order valence-corrected chi connectivity index (χ2v) is 7.24. The van der Waals surface area contributed by atoms with Gasteiger partial charge in [0.05, 0.1) is 0 Å². The zero-order chi connectivity index (χ0) is 22.6. The Balaban J connectivity index is 2.40. The highest BCUT2D eigenvalue weighted by Gasteiger charge is 1.85. The smallest absolute Gasteiger partial charge is 0.00992 e. The van der Waals surface area contributed by atoms with Gasteiger partial charge in [-0.25, -0.2) is 0 Å². The minimum absolute atomic E-state index is 0.882. The van der Waals surface area contributed by atoms with Gasteiger partial charge in [-0.2, -0.15) is 0 Å². The van der Waals surface area contributed by atoms with Crippen LogP contribution in [0.1, 0.15) is 103 Å². The molecule has 0 bridgehead atoms. The van der Waals surface area contributed by atoms with Gasteiger partial charge in [-0.15, -0.1) is 0 Å². The van der Waals surface area contributed by atoms with Crippen LogP contribution in [0.5, 0.6) is 0 Å². The zero-order valence-electron chi connectivity index (χ0n) is 19.3. The second-order valence-electron chi connectivity index (χ2n) is 7.24. The number of rotatable bonds is 0. The molecule has 0 fully saturated rings. The molecule has 0 heteroatoms. The molecule has 1 aliphatic carbocycles. The molecule has 1 rings (SSSR count). The van der Waals surface area contributed by atoms with E-state index in [1.165, 1.54) is 0 Å². The summed E-state index contributed by atoms with van der Waals surface area (Å²) in [6.07, 6.45) is 15.5. The van der Waals surface area contributed by atoms with E-state index in [1.54, 1.807) is 0 Å². The van der Waals surface area contributed by atoms with Crippen LogP contribution in [0.2, 0.25) is 0 Å². The van der Waals surface area contributed by atoms with Crippen molar-refractivity contribution in [3.05, 3.63) is 0 Å². The Morgan fingerprint density at radius 3 is 0.438 bits per heavy atom. The fraction of sp³-hybridized carbons (Fsp3) is 0.500. The van der Waals surface area contributed by atoms with Crippen molar-refractivity contribution >= 4 is 0 Å². The summed E-state index contributed by atoms with van der Waals surface area (Å²) in [6, 6.07) is 0. The lowest BCUT2D eigenvalue weighted by atomic mass is 10.2. The molecule has 0 unspecified atom stereocenters. The Morgan fingerprint density at radius 2 is 0.312 bits per heavy atom. The van der Waals surface area contributed by atoms with Gasteiger partial charge < -0.3 is 0 Å². The standard InChI is InChI=1S/C32H32/c1-2-4-6-8-10-12-14-16-18-20-22-24-26-28-30-32-31-29-27-25-23-21-19-17-15-13-11-9-7-5-3-1/h1-4,13-20,29-32H2. The Bertz CT molecular complexity index is 759. The molecular weight excluding hydrogens is 384 g/mol. The van der Waals surface area contributed by atoms with E-state index in [0.29, 0.717) is 0 Å². The summed E-state index contributed by atoms with van der Waals surface area (Å²) in [5.74, 6) is 48.5. The highest BCUT2D eigenvalue weighted by Crippen LogP contribution is 1.99. The van der Waals surface area contributed by atoms with Crippen LogP contribution in [0.25, 0.3) is 0 Å². The molecule has 0 atom stereocenters. The lowest BCUT2D eigenvalue weighted by Gasteiger charge is -1.88. The molecule has 0 aliphatic heterocycles. The third kappa shape index (κ3) is 21.2. The number of hydrogen-bond acceptors (Lipinski definition) is 0. The van der Waals surface area contributed by atoms with Crippen molar-refractivity contribution in [3.8, 4) is 94.7 Å². The molecule has 0 aromatic heterocycles. The molecule has 0 saturated heterocycles. The quantitative estimate of drug-likeness (QED) is 0.408. The lowest BCUT2D eigenvalue weighted by Crippen LogP contribution is -1.75. The van der Waals surface area contributed by atoms with E-state index in [0.717, 1.165) is 103 Å². The summed E-state index contributed by atoms with van der Waals surface area (Å²) in [4.78, 5) is 0. The van der Waals surface area contributed by atoms with Gasteiger partial charge in [0.25, 0.3) is 0 Å². The molecule has 0 radical (unpaired) electrons. The Labute approximate surface area is 197 Å². The molecule has 0 N–H and O–H groups in total. The topological polar surface area (TPSA) is 0 Å². The van der Waals surface area contributed by atoms with Crippen molar-refractivity contribution in [1.82, 2.24) is 0 Å². The maximum atomic E-state index is 3.12. The van der Waals surface area contributed by atoms with E-state index in [2.05, 4.69) is 94.7 Å². The van der Waals surface area contributed by atoms with E-state index in [4.69, 9.17) is 0 Å². The van der Waals surface area contributed by atoms with Gasteiger partial charge in [-0.1, -0.05) is 47.4 Å². The maximum absolute atomic E-state index is 3.12. The molecule has 0 heterocycles. The molecule has 0 aromatic carbocycles. The highest BCUT2D eigenvalue weighted by molar-refractivity contribution is 5.28. The van der Waals surface area contributed by atoms with Gasteiger partial charge in [0, 0.05) is 51.4 Å². The van der Waals surface area contributed by atoms with Crippen molar-refractivity contribution in [2.24, 2.45) is 0 Å². The Kier molecular flexibility index (Phi) is 19.7. The number of hydrogen-bond donors (Lipinski definition) is 0. The van der Waals surface area contributed by atoms with E-state index in [-0.39, 0.29) is 0 Å². The average Bonchev–Trinajstić information content (AvgIpc) is 2.80. The summed E-state index contributed by atoms with van der Waals surface area (Å²) < 4.78 is 0. The summed E-state index contributed by atoms with van der Waals surface area (Å²) >= 11 is 0. The molecule has 0 amide bonds. The van der Waals surface area contributed by atoms with Gasteiger partial charge >= 0.3 is 0 Å². The first-order valence-corrected chi connectivity index (χ1v) is 11.8.